The molecule has 25 heavy (non-hydrogen) atoms. The van der Waals surface area contributed by atoms with Crippen LogP contribution < -0.4 is 5.32 Å². The van der Waals surface area contributed by atoms with E-state index in [0.29, 0.717) is 5.69 Å². The molecule has 0 unspecified atom stereocenters. The normalized spacial score (nSPS) is 17.6. The van der Waals surface area contributed by atoms with Crippen molar-refractivity contribution in [3.63, 3.8) is 0 Å². The van der Waals surface area contributed by atoms with Gasteiger partial charge < -0.3 is 10.4 Å². The van der Waals surface area contributed by atoms with Gasteiger partial charge in [0.1, 0.15) is 0 Å². The van der Waals surface area contributed by atoms with Crippen molar-refractivity contribution in [2.45, 2.75) is 26.3 Å². The Morgan fingerprint density at radius 1 is 1.32 bits per heavy atom. The number of aromatic nitrogens is 2. The van der Waals surface area contributed by atoms with Crippen LogP contribution in [0.5, 0.6) is 0 Å². The number of anilines is 1. The molecule has 0 radical (unpaired) electrons. The third kappa shape index (κ3) is 4.06. The summed E-state index contributed by atoms with van der Waals surface area (Å²) in [6.45, 7) is 5.93. The molecule has 7 nitrogen and oxygen atoms in total. The molecule has 7 heteroatoms. The van der Waals surface area contributed by atoms with Crippen LogP contribution in [0.4, 0.5) is 5.69 Å². The van der Waals surface area contributed by atoms with Gasteiger partial charge in [0, 0.05) is 24.5 Å². The van der Waals surface area contributed by atoms with Crippen molar-refractivity contribution in [3.8, 4) is 0 Å². The second-order valence-electron chi connectivity index (χ2n) is 6.48. The Kier molecular flexibility index (Phi) is 4.85. The van der Waals surface area contributed by atoms with Crippen LogP contribution in [0.3, 0.4) is 0 Å². The molecule has 3 rings (SSSR count). The molecule has 0 saturated carbocycles. The summed E-state index contributed by atoms with van der Waals surface area (Å²) in [6, 6.07) is 8.61. The van der Waals surface area contributed by atoms with Crippen LogP contribution in [0, 0.1) is 13.8 Å². The highest BCUT2D eigenvalue weighted by molar-refractivity contribution is 5.94. The van der Waals surface area contributed by atoms with Crippen LogP contribution in [0.25, 0.3) is 0 Å². The second-order valence-corrected chi connectivity index (χ2v) is 6.48. The molecule has 1 atom stereocenters. The average Bonchev–Trinajstić information content (AvgIpc) is 3.13. The van der Waals surface area contributed by atoms with Crippen LogP contribution >= 0.6 is 0 Å². The van der Waals surface area contributed by atoms with Gasteiger partial charge in [0.2, 0.25) is 5.91 Å². The summed E-state index contributed by atoms with van der Waals surface area (Å²) in [7, 11) is 0. The van der Waals surface area contributed by atoms with Crippen molar-refractivity contribution >= 4 is 17.6 Å². The van der Waals surface area contributed by atoms with Gasteiger partial charge >= 0.3 is 5.97 Å². The van der Waals surface area contributed by atoms with E-state index in [1.165, 1.54) is 12.1 Å². The number of hydrogen-bond donors (Lipinski definition) is 2. The van der Waals surface area contributed by atoms with Gasteiger partial charge in [-0.25, -0.2) is 4.79 Å². The minimum absolute atomic E-state index is 0.142. The Labute approximate surface area is 146 Å². The fourth-order valence-corrected chi connectivity index (χ4v) is 3.30. The largest absolute Gasteiger partial charge is 0.478 e. The first-order chi connectivity index (χ1) is 11.9. The number of benzene rings is 1. The van der Waals surface area contributed by atoms with E-state index < -0.39 is 5.97 Å². The Balaban J connectivity index is 1.56. The molecule has 2 aromatic rings. The van der Waals surface area contributed by atoms with Crippen molar-refractivity contribution in [2.24, 2.45) is 0 Å². The Hall–Kier alpha value is -2.67. The molecule has 1 aliphatic heterocycles. The quantitative estimate of drug-likeness (QED) is 0.869. The van der Waals surface area contributed by atoms with Gasteiger partial charge in [-0.3, -0.25) is 14.4 Å². The number of likely N-dealkylation sites (tertiary alicyclic amines) is 1. The fraction of sp³-hybridized carbons (Fsp3) is 0.389. The number of amides is 1. The van der Waals surface area contributed by atoms with Crippen LogP contribution in [-0.4, -0.2) is 51.3 Å². The summed E-state index contributed by atoms with van der Waals surface area (Å²) < 4.78 is 2.05. The number of nitrogens with one attached hydrogen (secondary N) is 1. The van der Waals surface area contributed by atoms with E-state index in [-0.39, 0.29) is 24.1 Å². The molecule has 1 amide bonds. The first-order valence-corrected chi connectivity index (χ1v) is 8.30. The van der Waals surface area contributed by atoms with Crippen molar-refractivity contribution < 1.29 is 14.7 Å². The molecule has 0 bridgehead atoms. The van der Waals surface area contributed by atoms with Gasteiger partial charge in [-0.1, -0.05) is 6.07 Å². The minimum atomic E-state index is -1.01. The topological polar surface area (TPSA) is 87.5 Å². The zero-order valence-electron chi connectivity index (χ0n) is 14.4. The van der Waals surface area contributed by atoms with E-state index in [9.17, 15) is 9.59 Å². The molecule has 132 valence electrons. The first kappa shape index (κ1) is 17.2. The molecule has 0 aliphatic carbocycles. The molecule has 1 aromatic heterocycles. The third-order valence-electron chi connectivity index (χ3n) is 4.40. The lowest BCUT2D eigenvalue weighted by atomic mass is 10.2. The van der Waals surface area contributed by atoms with Crippen LogP contribution in [0.15, 0.2) is 30.3 Å². The number of hydrogen-bond acceptors (Lipinski definition) is 4. The average molecular weight is 342 g/mol. The van der Waals surface area contributed by atoms with Gasteiger partial charge in [0.25, 0.3) is 0 Å². The molecule has 2 heterocycles. The second kappa shape index (κ2) is 7.06. The molecular weight excluding hydrogens is 320 g/mol. The minimum Gasteiger partial charge on any atom is -0.478 e. The fourth-order valence-electron chi connectivity index (χ4n) is 3.30. The van der Waals surface area contributed by atoms with Crippen LogP contribution in [-0.2, 0) is 4.79 Å². The zero-order chi connectivity index (χ0) is 18.0. The predicted molar refractivity (Wildman–Crippen MR) is 93.8 cm³/mol. The van der Waals surface area contributed by atoms with E-state index in [1.807, 2.05) is 18.5 Å². The van der Waals surface area contributed by atoms with Gasteiger partial charge in [-0.05, 0) is 44.5 Å². The van der Waals surface area contributed by atoms with E-state index in [4.69, 9.17) is 5.11 Å². The van der Waals surface area contributed by atoms with E-state index in [2.05, 4.69) is 21.4 Å². The first-order valence-electron chi connectivity index (χ1n) is 8.30. The predicted octanol–water partition coefficient (Wildman–Crippen LogP) is 2.08. The summed E-state index contributed by atoms with van der Waals surface area (Å²) in [5.74, 6) is -1.15. The van der Waals surface area contributed by atoms with Gasteiger partial charge in [0.05, 0.1) is 23.8 Å². The summed E-state index contributed by atoms with van der Waals surface area (Å²) >= 11 is 0. The molecule has 1 fully saturated rings. The number of carboxylic acids is 1. The number of carboxylic acid groups (broad SMARTS) is 1. The Bertz CT molecular complexity index is 799. The SMILES string of the molecule is Cc1cc(C)n([C@@H]2CCN(CC(=O)Nc3cccc(C(=O)O)c3)C2)n1. The van der Waals surface area contributed by atoms with Crippen molar-refractivity contribution in [2.75, 3.05) is 25.0 Å². The number of carbonyl (C=O) groups excluding carboxylic acids is 1. The Morgan fingerprint density at radius 2 is 2.12 bits per heavy atom. The summed E-state index contributed by atoms with van der Waals surface area (Å²) in [4.78, 5) is 25.3. The van der Waals surface area contributed by atoms with Crippen LogP contribution in [0.1, 0.15) is 34.2 Å². The number of aryl methyl sites for hydroxylation is 2. The number of aromatic carboxylic acids is 1. The lowest BCUT2D eigenvalue weighted by Gasteiger charge is -2.17. The van der Waals surface area contributed by atoms with Gasteiger partial charge in [0.15, 0.2) is 0 Å². The maximum Gasteiger partial charge on any atom is 0.335 e. The standard InChI is InChI=1S/C18H22N4O3/c1-12-8-13(2)22(20-12)16-6-7-21(10-16)11-17(23)19-15-5-3-4-14(9-15)18(24)25/h3-5,8-9,16H,6-7,10-11H2,1-2H3,(H,19,23)(H,24,25)/t16-/m1/s1. The lowest BCUT2D eigenvalue weighted by molar-refractivity contribution is -0.117. The highest BCUT2D eigenvalue weighted by Crippen LogP contribution is 2.23. The highest BCUT2D eigenvalue weighted by atomic mass is 16.4. The van der Waals surface area contributed by atoms with Crippen molar-refractivity contribution in [1.29, 1.82) is 0 Å². The maximum atomic E-state index is 12.2. The summed E-state index contributed by atoms with van der Waals surface area (Å²) in [5.41, 5.74) is 2.80. The summed E-state index contributed by atoms with van der Waals surface area (Å²) in [6.07, 6.45) is 0.962. The molecular formula is C18H22N4O3. The lowest BCUT2D eigenvalue weighted by Crippen LogP contribution is -2.32. The molecule has 1 aliphatic rings. The van der Waals surface area contributed by atoms with Gasteiger partial charge in [-0.2, -0.15) is 5.10 Å². The van der Waals surface area contributed by atoms with Crippen molar-refractivity contribution in [3.05, 3.63) is 47.3 Å². The van der Waals surface area contributed by atoms with E-state index >= 15 is 0 Å². The summed E-state index contributed by atoms with van der Waals surface area (Å²) in [5, 5.41) is 16.3. The smallest absolute Gasteiger partial charge is 0.335 e. The highest BCUT2D eigenvalue weighted by Gasteiger charge is 2.26. The van der Waals surface area contributed by atoms with Crippen molar-refractivity contribution in [1.82, 2.24) is 14.7 Å². The van der Waals surface area contributed by atoms with E-state index in [0.717, 1.165) is 30.9 Å². The molecule has 1 saturated heterocycles. The maximum absolute atomic E-state index is 12.2. The number of rotatable bonds is 5. The number of carbonyl (C=O) groups is 2. The monoisotopic (exact) mass is 342 g/mol. The third-order valence-corrected chi connectivity index (χ3v) is 4.40. The van der Waals surface area contributed by atoms with E-state index in [1.54, 1.807) is 12.1 Å². The molecule has 2 N–H and O–H groups in total. The Morgan fingerprint density at radius 3 is 2.80 bits per heavy atom. The van der Waals surface area contributed by atoms with Gasteiger partial charge in [-0.15, -0.1) is 0 Å². The van der Waals surface area contributed by atoms with Crippen LogP contribution in [0.2, 0.25) is 0 Å². The zero-order valence-corrected chi connectivity index (χ0v) is 14.4. The molecule has 1 aromatic carbocycles. The molecule has 0 spiro atoms. The number of nitrogens with zero attached hydrogens (tertiary/aromatic N) is 3.